The maximum absolute atomic E-state index is 10.4. The topological polar surface area (TPSA) is 50.9 Å². The van der Waals surface area contributed by atoms with E-state index in [0.717, 1.165) is 40.7 Å². The van der Waals surface area contributed by atoms with Gasteiger partial charge in [-0.15, -0.1) is 10.2 Å². The fourth-order valence-corrected chi connectivity index (χ4v) is 3.95. The van der Waals surface area contributed by atoms with Crippen molar-refractivity contribution in [3.63, 3.8) is 0 Å². The summed E-state index contributed by atoms with van der Waals surface area (Å²) in [6.45, 7) is 8.59. The second-order valence-electron chi connectivity index (χ2n) is 6.42. The van der Waals surface area contributed by atoms with E-state index in [0.29, 0.717) is 0 Å². The molecule has 4 nitrogen and oxygen atoms in total. The summed E-state index contributed by atoms with van der Waals surface area (Å²) < 4.78 is 2.18. The zero-order valence-electron chi connectivity index (χ0n) is 12.5. The van der Waals surface area contributed by atoms with E-state index in [1.807, 2.05) is 0 Å². The minimum atomic E-state index is -0.368. The molecule has 2 aromatic rings. The number of aryl methyl sites for hydroxylation is 2. The van der Waals surface area contributed by atoms with E-state index in [-0.39, 0.29) is 11.5 Å². The summed E-state index contributed by atoms with van der Waals surface area (Å²) in [5.74, 6) is 0. The predicted molar refractivity (Wildman–Crippen MR) is 80.4 cm³/mol. The molecule has 20 heavy (non-hydrogen) atoms. The average Bonchev–Trinajstić information content (AvgIpc) is 2.92. The van der Waals surface area contributed by atoms with Gasteiger partial charge in [0.25, 0.3) is 0 Å². The molecule has 1 aliphatic carbocycles. The number of aliphatic hydroxyl groups excluding tert-OH is 1. The molecule has 1 N–H and O–H groups in total. The van der Waals surface area contributed by atoms with Gasteiger partial charge in [-0.3, -0.25) is 4.57 Å². The minimum Gasteiger partial charge on any atom is -0.388 e. The third-order valence-electron chi connectivity index (χ3n) is 4.02. The monoisotopic (exact) mass is 291 g/mol. The number of aliphatic hydroxyl groups is 1. The van der Waals surface area contributed by atoms with E-state index in [2.05, 4.69) is 48.5 Å². The predicted octanol–water partition coefficient (Wildman–Crippen LogP) is 3.21. The molecule has 0 aromatic carbocycles. The number of aromatic nitrogens is 3. The third kappa shape index (κ3) is 2.19. The van der Waals surface area contributed by atoms with Crippen molar-refractivity contribution in [1.82, 2.24) is 14.8 Å². The molecule has 1 atom stereocenters. The molecule has 2 aromatic heterocycles. The fraction of sp³-hybridized carbons (Fsp3) is 0.600. The summed E-state index contributed by atoms with van der Waals surface area (Å²) >= 11 is 1.64. The number of hydrogen-bond acceptors (Lipinski definition) is 4. The highest BCUT2D eigenvalue weighted by Crippen LogP contribution is 2.43. The molecule has 3 rings (SSSR count). The standard InChI is InChI=1S/C15H21N3OS/c1-5-13-16-17-14(20-13)18-9(2)6-10-11(18)7-15(3,4)8-12(10)19/h6,12,19H,5,7-8H2,1-4H3. The van der Waals surface area contributed by atoms with E-state index >= 15 is 0 Å². The van der Waals surface area contributed by atoms with Crippen LogP contribution in [0.3, 0.4) is 0 Å². The van der Waals surface area contributed by atoms with Gasteiger partial charge < -0.3 is 5.11 Å². The van der Waals surface area contributed by atoms with Crippen LogP contribution in [0.25, 0.3) is 5.13 Å². The lowest BCUT2D eigenvalue weighted by atomic mass is 9.75. The Bertz CT molecular complexity index is 642. The van der Waals surface area contributed by atoms with E-state index in [1.54, 1.807) is 11.3 Å². The van der Waals surface area contributed by atoms with Gasteiger partial charge in [-0.1, -0.05) is 32.1 Å². The van der Waals surface area contributed by atoms with E-state index in [9.17, 15) is 5.11 Å². The lowest BCUT2D eigenvalue weighted by Crippen LogP contribution is -2.26. The first kappa shape index (κ1) is 13.8. The van der Waals surface area contributed by atoms with Crippen molar-refractivity contribution in [3.8, 4) is 5.13 Å². The maximum Gasteiger partial charge on any atom is 0.216 e. The molecule has 108 valence electrons. The summed E-state index contributed by atoms with van der Waals surface area (Å²) in [5, 5.41) is 20.9. The summed E-state index contributed by atoms with van der Waals surface area (Å²) in [4.78, 5) is 0. The van der Waals surface area contributed by atoms with E-state index in [4.69, 9.17) is 0 Å². The highest BCUT2D eigenvalue weighted by molar-refractivity contribution is 7.13. The van der Waals surface area contributed by atoms with Gasteiger partial charge in [-0.05, 0) is 37.7 Å². The number of nitrogens with zero attached hydrogens (tertiary/aromatic N) is 3. The van der Waals surface area contributed by atoms with Crippen LogP contribution in [0.15, 0.2) is 6.07 Å². The summed E-state index contributed by atoms with van der Waals surface area (Å²) in [5.41, 5.74) is 3.51. The molecule has 0 saturated heterocycles. The van der Waals surface area contributed by atoms with Gasteiger partial charge in [0.15, 0.2) is 0 Å². The van der Waals surface area contributed by atoms with Gasteiger partial charge in [0.05, 0.1) is 6.10 Å². The largest absolute Gasteiger partial charge is 0.388 e. The van der Waals surface area contributed by atoms with E-state index in [1.165, 1.54) is 5.69 Å². The fourth-order valence-electron chi connectivity index (χ4n) is 3.09. The van der Waals surface area contributed by atoms with Crippen molar-refractivity contribution < 1.29 is 5.11 Å². The van der Waals surface area contributed by atoms with Gasteiger partial charge in [-0.2, -0.15) is 0 Å². The summed E-state index contributed by atoms with van der Waals surface area (Å²) in [6, 6.07) is 2.10. The van der Waals surface area contributed by atoms with Crippen molar-refractivity contribution in [1.29, 1.82) is 0 Å². The molecule has 1 aliphatic rings. The molecular formula is C15H21N3OS. The Kier molecular flexibility index (Phi) is 3.21. The minimum absolute atomic E-state index is 0.118. The van der Waals surface area contributed by atoms with Crippen molar-refractivity contribution in [2.75, 3.05) is 0 Å². The van der Waals surface area contributed by atoms with E-state index < -0.39 is 0 Å². The Labute approximate surface area is 123 Å². The quantitative estimate of drug-likeness (QED) is 0.924. The molecule has 1 unspecified atom stereocenters. The van der Waals surface area contributed by atoms with Crippen LogP contribution < -0.4 is 0 Å². The van der Waals surface area contributed by atoms with Gasteiger partial charge >= 0.3 is 0 Å². The average molecular weight is 291 g/mol. The molecule has 0 amide bonds. The first-order chi connectivity index (χ1) is 9.41. The number of rotatable bonds is 2. The Hall–Kier alpha value is -1.20. The molecule has 0 radical (unpaired) electrons. The Morgan fingerprint density at radius 1 is 1.45 bits per heavy atom. The third-order valence-corrected chi connectivity index (χ3v) is 5.07. The second kappa shape index (κ2) is 4.67. The van der Waals surface area contributed by atoms with Gasteiger partial charge in [-0.25, -0.2) is 0 Å². The lowest BCUT2D eigenvalue weighted by molar-refractivity contribution is 0.0987. The number of fused-ring (bicyclic) bond motifs is 1. The van der Waals surface area contributed by atoms with Crippen LogP contribution in [0.2, 0.25) is 0 Å². The summed E-state index contributed by atoms with van der Waals surface area (Å²) in [7, 11) is 0. The molecule has 5 heteroatoms. The first-order valence-electron chi connectivity index (χ1n) is 7.13. The maximum atomic E-state index is 10.4. The van der Waals surface area contributed by atoms with Gasteiger partial charge in [0, 0.05) is 17.0 Å². The Morgan fingerprint density at radius 3 is 2.85 bits per heavy atom. The zero-order valence-corrected chi connectivity index (χ0v) is 13.3. The Morgan fingerprint density at radius 2 is 2.20 bits per heavy atom. The van der Waals surface area contributed by atoms with Gasteiger partial charge in [0.1, 0.15) is 5.01 Å². The highest BCUT2D eigenvalue weighted by Gasteiger charge is 2.34. The van der Waals surface area contributed by atoms with Crippen LogP contribution in [0, 0.1) is 12.3 Å². The molecule has 0 aliphatic heterocycles. The number of hydrogen-bond donors (Lipinski definition) is 1. The highest BCUT2D eigenvalue weighted by atomic mass is 32.1. The van der Waals surface area contributed by atoms with Crippen LogP contribution in [-0.4, -0.2) is 19.9 Å². The van der Waals surface area contributed by atoms with Crippen molar-refractivity contribution in [2.45, 2.75) is 53.1 Å². The lowest BCUT2D eigenvalue weighted by Gasteiger charge is -2.33. The SMILES string of the molecule is CCc1nnc(-n2c(C)cc3c2CC(C)(C)CC3O)s1. The molecule has 0 spiro atoms. The zero-order chi connectivity index (χ0) is 14.5. The van der Waals surface area contributed by atoms with Crippen LogP contribution in [0.1, 0.15) is 55.3 Å². The van der Waals surface area contributed by atoms with Crippen LogP contribution in [0.4, 0.5) is 0 Å². The molecule has 2 heterocycles. The van der Waals surface area contributed by atoms with Crippen molar-refractivity contribution >= 4 is 11.3 Å². The van der Waals surface area contributed by atoms with Crippen molar-refractivity contribution in [2.24, 2.45) is 5.41 Å². The van der Waals surface area contributed by atoms with Crippen LogP contribution >= 0.6 is 11.3 Å². The van der Waals surface area contributed by atoms with Gasteiger partial charge in [0.2, 0.25) is 5.13 Å². The first-order valence-corrected chi connectivity index (χ1v) is 7.95. The normalized spacial score (nSPS) is 20.9. The molecule has 0 bridgehead atoms. The summed E-state index contributed by atoms with van der Waals surface area (Å²) in [6.07, 6.45) is 2.33. The van der Waals surface area contributed by atoms with Crippen molar-refractivity contribution in [3.05, 3.63) is 28.0 Å². The van der Waals surface area contributed by atoms with Crippen LogP contribution in [0.5, 0.6) is 0 Å². The second-order valence-corrected chi connectivity index (χ2v) is 7.46. The molecular weight excluding hydrogens is 270 g/mol. The molecule has 0 fully saturated rings. The Balaban J connectivity index is 2.13. The van der Waals surface area contributed by atoms with Crippen LogP contribution in [-0.2, 0) is 12.8 Å². The molecule has 0 saturated carbocycles. The smallest absolute Gasteiger partial charge is 0.216 e.